The van der Waals surface area contributed by atoms with E-state index in [4.69, 9.17) is 9.47 Å². The number of rotatable bonds is 8. The Labute approximate surface area is 130 Å². The minimum Gasteiger partial charge on any atom is -0.467 e. The molecule has 0 unspecified atom stereocenters. The van der Waals surface area contributed by atoms with Crippen LogP contribution >= 0.6 is 0 Å². The molecule has 1 N–H and O–H groups in total. The first-order chi connectivity index (χ1) is 10.4. The molecule has 0 bridgehead atoms. The van der Waals surface area contributed by atoms with E-state index in [-0.39, 0.29) is 31.5 Å². The highest BCUT2D eigenvalue weighted by Gasteiger charge is 2.14. The van der Waals surface area contributed by atoms with Crippen molar-refractivity contribution < 1.29 is 24.5 Å². The molecular formula is C16H23F2NO3. The summed E-state index contributed by atoms with van der Waals surface area (Å²) in [7, 11) is 0. The lowest BCUT2D eigenvalue weighted by molar-refractivity contribution is -0.116. The van der Waals surface area contributed by atoms with Crippen molar-refractivity contribution >= 4 is 12.0 Å². The molecule has 6 heteroatoms. The van der Waals surface area contributed by atoms with Gasteiger partial charge in [0.25, 0.3) is 6.43 Å². The summed E-state index contributed by atoms with van der Waals surface area (Å²) in [5.74, 6) is -0.197. The Bertz CT molecular complexity index is 522. The highest BCUT2D eigenvalue weighted by Crippen LogP contribution is 2.30. The zero-order valence-corrected chi connectivity index (χ0v) is 12.9. The SMILES string of the molecule is CCOCOc1ccc(/C=C/C(=O)NC(C)C)cc1C(F)F.[HH]. The van der Waals surface area contributed by atoms with E-state index < -0.39 is 6.43 Å². The second-order valence-electron chi connectivity index (χ2n) is 4.85. The molecule has 0 aliphatic carbocycles. The van der Waals surface area contributed by atoms with Crippen LogP contribution in [0.2, 0.25) is 0 Å². The second-order valence-corrected chi connectivity index (χ2v) is 4.85. The number of hydrogen-bond acceptors (Lipinski definition) is 3. The van der Waals surface area contributed by atoms with Crippen LogP contribution in [0.1, 0.15) is 39.8 Å². The number of halogens is 2. The Morgan fingerprint density at radius 3 is 2.73 bits per heavy atom. The van der Waals surface area contributed by atoms with Gasteiger partial charge in [-0.25, -0.2) is 8.78 Å². The first-order valence-electron chi connectivity index (χ1n) is 7.05. The zero-order valence-electron chi connectivity index (χ0n) is 12.9. The highest BCUT2D eigenvalue weighted by atomic mass is 19.3. The van der Waals surface area contributed by atoms with Crippen LogP contribution < -0.4 is 10.1 Å². The molecule has 1 amide bonds. The topological polar surface area (TPSA) is 47.6 Å². The lowest BCUT2D eigenvalue weighted by atomic mass is 10.1. The molecule has 0 aromatic heterocycles. The molecule has 0 saturated heterocycles. The van der Waals surface area contributed by atoms with Gasteiger partial charge >= 0.3 is 0 Å². The van der Waals surface area contributed by atoms with E-state index in [9.17, 15) is 13.6 Å². The predicted molar refractivity (Wildman–Crippen MR) is 82.9 cm³/mol. The van der Waals surface area contributed by atoms with E-state index in [1.54, 1.807) is 13.0 Å². The predicted octanol–water partition coefficient (Wildman–Crippen LogP) is 3.78. The maximum atomic E-state index is 13.1. The first-order valence-corrected chi connectivity index (χ1v) is 7.05. The molecule has 22 heavy (non-hydrogen) atoms. The summed E-state index contributed by atoms with van der Waals surface area (Å²) in [4.78, 5) is 11.5. The first kappa shape index (κ1) is 18.1. The lowest BCUT2D eigenvalue weighted by Crippen LogP contribution is -2.28. The number of carbonyl (C=O) groups excluding carboxylic acids is 1. The van der Waals surface area contributed by atoms with Gasteiger partial charge in [-0.1, -0.05) is 6.07 Å². The van der Waals surface area contributed by atoms with Crippen LogP contribution in [0.3, 0.4) is 0 Å². The summed E-state index contributed by atoms with van der Waals surface area (Å²) in [5.41, 5.74) is 0.268. The molecule has 0 aliphatic heterocycles. The maximum Gasteiger partial charge on any atom is 0.267 e. The number of nitrogens with one attached hydrogen (secondary N) is 1. The van der Waals surface area contributed by atoms with Gasteiger partial charge in [-0.3, -0.25) is 4.79 Å². The average molecular weight is 315 g/mol. The number of benzene rings is 1. The smallest absolute Gasteiger partial charge is 0.267 e. The van der Waals surface area contributed by atoms with E-state index >= 15 is 0 Å². The van der Waals surface area contributed by atoms with Crippen molar-refractivity contribution in [2.45, 2.75) is 33.2 Å². The highest BCUT2D eigenvalue weighted by molar-refractivity contribution is 5.91. The van der Waals surface area contributed by atoms with Gasteiger partial charge in [-0.15, -0.1) is 0 Å². The van der Waals surface area contributed by atoms with Crippen LogP contribution in [0.25, 0.3) is 6.08 Å². The molecule has 0 heterocycles. The summed E-state index contributed by atoms with van der Waals surface area (Å²) in [6.45, 7) is 5.82. The molecule has 4 nitrogen and oxygen atoms in total. The number of amides is 1. The zero-order chi connectivity index (χ0) is 16.5. The minimum absolute atomic E-state index is 0. The van der Waals surface area contributed by atoms with Crippen molar-refractivity contribution in [3.63, 3.8) is 0 Å². The van der Waals surface area contributed by atoms with Gasteiger partial charge in [-0.05, 0) is 44.5 Å². The van der Waals surface area contributed by atoms with Gasteiger partial charge in [0.05, 0.1) is 5.56 Å². The molecule has 1 rings (SSSR count). The summed E-state index contributed by atoms with van der Waals surface area (Å²) >= 11 is 0. The van der Waals surface area contributed by atoms with E-state index in [1.807, 2.05) is 13.8 Å². The van der Waals surface area contributed by atoms with Crippen LogP contribution in [0.4, 0.5) is 8.78 Å². The lowest BCUT2D eigenvalue weighted by Gasteiger charge is -2.11. The van der Waals surface area contributed by atoms with Crippen LogP contribution in [-0.4, -0.2) is 25.3 Å². The monoisotopic (exact) mass is 315 g/mol. The summed E-state index contributed by atoms with van der Waals surface area (Å²) < 4.78 is 36.3. The fourth-order valence-electron chi connectivity index (χ4n) is 1.67. The van der Waals surface area contributed by atoms with Crippen molar-refractivity contribution in [3.8, 4) is 5.75 Å². The Morgan fingerprint density at radius 1 is 1.41 bits per heavy atom. The Morgan fingerprint density at radius 2 is 2.14 bits per heavy atom. The third-order valence-electron chi connectivity index (χ3n) is 2.63. The molecule has 124 valence electrons. The molecule has 0 fully saturated rings. The summed E-state index contributed by atoms with van der Waals surface area (Å²) in [6, 6.07) is 4.36. The number of hydrogen-bond donors (Lipinski definition) is 1. The van der Waals surface area contributed by atoms with E-state index in [1.165, 1.54) is 24.3 Å². The molecule has 0 radical (unpaired) electrons. The van der Waals surface area contributed by atoms with Crippen LogP contribution in [0.15, 0.2) is 24.3 Å². The summed E-state index contributed by atoms with van der Waals surface area (Å²) in [6.07, 6.45) is 0.121. The van der Waals surface area contributed by atoms with Crippen LogP contribution in [-0.2, 0) is 9.53 Å². The molecule has 1 aromatic rings. The van der Waals surface area contributed by atoms with Crippen molar-refractivity contribution in [1.82, 2.24) is 5.32 Å². The van der Waals surface area contributed by atoms with E-state index in [0.29, 0.717) is 12.2 Å². The number of alkyl halides is 2. The van der Waals surface area contributed by atoms with Gasteiger partial charge < -0.3 is 14.8 Å². The fourth-order valence-corrected chi connectivity index (χ4v) is 1.67. The van der Waals surface area contributed by atoms with Crippen molar-refractivity contribution in [1.29, 1.82) is 0 Å². The third-order valence-corrected chi connectivity index (χ3v) is 2.63. The molecule has 0 atom stereocenters. The standard InChI is InChI=1S/C16H21F2NO3.H2/c1-4-21-10-22-14-7-5-12(9-13(14)16(17)18)6-8-15(20)19-11(2)3;/h5-9,11,16H,4,10H2,1-3H3,(H,19,20);1H/b8-6+;. The van der Waals surface area contributed by atoms with Crippen LogP contribution in [0, 0.1) is 0 Å². The fraction of sp³-hybridized carbons (Fsp3) is 0.438. The Kier molecular flexibility index (Phi) is 7.52. The molecule has 0 saturated carbocycles. The van der Waals surface area contributed by atoms with Gasteiger partial charge in [0.15, 0.2) is 6.79 Å². The van der Waals surface area contributed by atoms with Crippen molar-refractivity contribution in [2.75, 3.05) is 13.4 Å². The average Bonchev–Trinajstić information content (AvgIpc) is 2.45. The molecule has 0 aliphatic rings. The van der Waals surface area contributed by atoms with Crippen LogP contribution in [0.5, 0.6) is 5.75 Å². The van der Waals surface area contributed by atoms with E-state index in [0.717, 1.165) is 0 Å². The molecular weight excluding hydrogens is 292 g/mol. The quantitative estimate of drug-likeness (QED) is 0.451. The van der Waals surface area contributed by atoms with Gasteiger partial charge in [0.1, 0.15) is 5.75 Å². The summed E-state index contributed by atoms with van der Waals surface area (Å²) in [5, 5.41) is 2.68. The van der Waals surface area contributed by atoms with E-state index in [2.05, 4.69) is 5.32 Å². The second kappa shape index (κ2) is 9.15. The van der Waals surface area contributed by atoms with Gasteiger partial charge in [0, 0.05) is 20.2 Å². The van der Waals surface area contributed by atoms with Crippen molar-refractivity contribution in [2.24, 2.45) is 0 Å². The molecule has 0 spiro atoms. The van der Waals surface area contributed by atoms with Crippen molar-refractivity contribution in [3.05, 3.63) is 35.4 Å². The van der Waals surface area contributed by atoms with Gasteiger partial charge in [0.2, 0.25) is 5.91 Å². The Hall–Kier alpha value is -1.95. The Balaban J connectivity index is 0.00000484. The van der Waals surface area contributed by atoms with Gasteiger partial charge in [-0.2, -0.15) is 0 Å². The number of carbonyl (C=O) groups is 1. The minimum atomic E-state index is -2.67. The third kappa shape index (κ3) is 6.22. The number of ether oxygens (including phenoxy) is 2. The normalized spacial score (nSPS) is 11.4. The maximum absolute atomic E-state index is 13.1. The largest absolute Gasteiger partial charge is 0.467 e. The molecule has 1 aromatic carbocycles.